The molecule has 2 nitrogen and oxygen atoms in total. The molecule has 0 bridgehead atoms. The Labute approximate surface area is 165 Å². The number of hydrogen-bond acceptors (Lipinski definition) is 2. The van der Waals surface area contributed by atoms with Gasteiger partial charge in [-0.25, -0.2) is 0 Å². The molecule has 2 heteroatoms. The van der Waals surface area contributed by atoms with E-state index in [2.05, 4.69) is 37.3 Å². The van der Waals surface area contributed by atoms with E-state index < -0.39 is 0 Å². The number of ether oxygens (including phenoxy) is 2. The molecule has 1 aromatic carbocycles. The lowest BCUT2D eigenvalue weighted by atomic mass is 9.62. The van der Waals surface area contributed by atoms with Crippen LogP contribution in [0.25, 0.3) is 0 Å². The predicted octanol–water partition coefficient (Wildman–Crippen LogP) is 5.98. The zero-order valence-corrected chi connectivity index (χ0v) is 17.2. The maximum Gasteiger partial charge on any atom is 0.119 e. The highest BCUT2D eigenvalue weighted by Gasteiger charge is 2.38. The van der Waals surface area contributed by atoms with Gasteiger partial charge >= 0.3 is 0 Å². The summed E-state index contributed by atoms with van der Waals surface area (Å²) < 4.78 is 11.5. The van der Waals surface area contributed by atoms with Gasteiger partial charge in [-0.1, -0.05) is 18.2 Å². The summed E-state index contributed by atoms with van der Waals surface area (Å²) in [6.07, 6.45) is 17.0. The molecule has 0 radical (unpaired) electrons. The maximum atomic E-state index is 6.08. The maximum absolute atomic E-state index is 6.08. The number of aryl methyl sites for hydroxylation is 1. The summed E-state index contributed by atoms with van der Waals surface area (Å²) in [6, 6.07) is 6.73. The molecule has 0 saturated heterocycles. The molecule has 0 heterocycles. The molecule has 0 aliphatic heterocycles. The molecule has 148 valence electrons. The zero-order valence-electron chi connectivity index (χ0n) is 17.2. The molecule has 2 fully saturated rings. The summed E-state index contributed by atoms with van der Waals surface area (Å²) in [5, 5.41) is 0. The molecule has 3 aliphatic carbocycles. The topological polar surface area (TPSA) is 18.5 Å². The Balaban J connectivity index is 1.31. The highest BCUT2D eigenvalue weighted by Crippen LogP contribution is 2.47. The minimum Gasteiger partial charge on any atom is -0.497 e. The Morgan fingerprint density at radius 1 is 0.926 bits per heavy atom. The average Bonchev–Trinajstić information content (AvgIpc) is 2.72. The van der Waals surface area contributed by atoms with Gasteiger partial charge in [-0.2, -0.15) is 0 Å². The van der Waals surface area contributed by atoms with E-state index in [0.717, 1.165) is 36.0 Å². The number of allylic oxidation sites excluding steroid dienone is 1. The second-order valence-electron chi connectivity index (χ2n) is 9.07. The molecule has 0 spiro atoms. The largest absolute Gasteiger partial charge is 0.497 e. The standard InChI is InChI=1S/C25H36O2/c1-3-4-13-27-25-12-10-21-15-19(6-8-23(21)17-25)18-5-7-22-16-24(26-2)11-9-20(22)14-18/h3-4,9,11,16,18-19,21,23,25H,5-8,10,12-15,17H2,1-2H3/t18?,19?,21-,23?,25-/m1/s1. The summed E-state index contributed by atoms with van der Waals surface area (Å²) in [5.74, 6) is 4.74. The predicted molar refractivity (Wildman–Crippen MR) is 111 cm³/mol. The van der Waals surface area contributed by atoms with Gasteiger partial charge in [-0.3, -0.25) is 0 Å². The van der Waals surface area contributed by atoms with E-state index in [1.54, 1.807) is 12.7 Å². The van der Waals surface area contributed by atoms with Gasteiger partial charge in [0.2, 0.25) is 0 Å². The zero-order chi connectivity index (χ0) is 18.6. The van der Waals surface area contributed by atoms with E-state index in [9.17, 15) is 0 Å². The Morgan fingerprint density at radius 2 is 1.70 bits per heavy atom. The van der Waals surface area contributed by atoms with Crippen molar-refractivity contribution in [3.05, 3.63) is 41.5 Å². The summed E-state index contributed by atoms with van der Waals surface area (Å²) in [4.78, 5) is 0. The molecule has 3 unspecified atom stereocenters. The fourth-order valence-corrected chi connectivity index (χ4v) is 6.04. The Bertz CT molecular complexity index is 650. The van der Waals surface area contributed by atoms with Crippen molar-refractivity contribution < 1.29 is 9.47 Å². The molecular weight excluding hydrogens is 332 g/mol. The van der Waals surface area contributed by atoms with Crippen LogP contribution in [-0.2, 0) is 17.6 Å². The van der Waals surface area contributed by atoms with Crippen LogP contribution in [0.1, 0.15) is 63.0 Å². The third-order valence-electron chi connectivity index (χ3n) is 7.62. The molecule has 0 N–H and O–H groups in total. The second-order valence-corrected chi connectivity index (χ2v) is 9.07. The van der Waals surface area contributed by atoms with E-state index in [0.29, 0.717) is 6.10 Å². The van der Waals surface area contributed by atoms with E-state index in [4.69, 9.17) is 9.47 Å². The van der Waals surface area contributed by atoms with E-state index >= 15 is 0 Å². The van der Waals surface area contributed by atoms with Crippen LogP contribution in [0.2, 0.25) is 0 Å². The SMILES string of the molecule is CC=CCO[C@@H]1CC[C@@H]2CC(C3CCc4cc(OC)ccc4C3)CCC2C1. The van der Waals surface area contributed by atoms with Crippen LogP contribution >= 0.6 is 0 Å². The lowest BCUT2D eigenvalue weighted by Gasteiger charge is -2.44. The lowest BCUT2D eigenvalue weighted by Crippen LogP contribution is -2.37. The van der Waals surface area contributed by atoms with Crippen LogP contribution in [0.15, 0.2) is 30.4 Å². The lowest BCUT2D eigenvalue weighted by molar-refractivity contribution is -0.0138. The van der Waals surface area contributed by atoms with Crippen molar-refractivity contribution in [2.24, 2.45) is 23.7 Å². The first kappa shape index (κ1) is 19.1. The Morgan fingerprint density at radius 3 is 2.52 bits per heavy atom. The van der Waals surface area contributed by atoms with E-state index in [1.165, 1.54) is 63.4 Å². The summed E-state index contributed by atoms with van der Waals surface area (Å²) >= 11 is 0. The van der Waals surface area contributed by atoms with Gasteiger partial charge < -0.3 is 9.47 Å². The van der Waals surface area contributed by atoms with Gasteiger partial charge in [0.15, 0.2) is 0 Å². The van der Waals surface area contributed by atoms with Crippen LogP contribution in [0.4, 0.5) is 0 Å². The molecule has 0 amide bonds. The van der Waals surface area contributed by atoms with Crippen molar-refractivity contribution in [2.75, 3.05) is 13.7 Å². The monoisotopic (exact) mass is 368 g/mol. The van der Waals surface area contributed by atoms with Gasteiger partial charge in [0.25, 0.3) is 0 Å². The number of methoxy groups -OCH3 is 1. The molecule has 5 atom stereocenters. The minimum absolute atomic E-state index is 0.510. The van der Waals surface area contributed by atoms with Gasteiger partial charge in [0.05, 0.1) is 19.8 Å². The highest BCUT2D eigenvalue weighted by atomic mass is 16.5. The second kappa shape index (κ2) is 8.82. The first-order valence-electron chi connectivity index (χ1n) is 11.1. The van der Waals surface area contributed by atoms with Gasteiger partial charge in [-0.05, 0) is 112 Å². The molecule has 2 saturated carbocycles. The van der Waals surface area contributed by atoms with Crippen molar-refractivity contribution in [3.63, 3.8) is 0 Å². The van der Waals surface area contributed by atoms with Crippen LogP contribution in [-0.4, -0.2) is 19.8 Å². The van der Waals surface area contributed by atoms with Crippen molar-refractivity contribution in [1.29, 1.82) is 0 Å². The third kappa shape index (κ3) is 4.42. The highest BCUT2D eigenvalue weighted by molar-refractivity contribution is 5.37. The van der Waals surface area contributed by atoms with Crippen molar-refractivity contribution in [1.82, 2.24) is 0 Å². The molecule has 1 aromatic rings. The minimum atomic E-state index is 0.510. The Kier molecular flexibility index (Phi) is 6.22. The van der Waals surface area contributed by atoms with Crippen LogP contribution in [0, 0.1) is 23.7 Å². The van der Waals surface area contributed by atoms with E-state index in [-0.39, 0.29) is 0 Å². The fraction of sp³-hybridized carbons (Fsp3) is 0.680. The molecule has 27 heavy (non-hydrogen) atoms. The van der Waals surface area contributed by atoms with Gasteiger partial charge in [0.1, 0.15) is 5.75 Å². The van der Waals surface area contributed by atoms with Crippen molar-refractivity contribution >= 4 is 0 Å². The first-order chi connectivity index (χ1) is 13.3. The smallest absolute Gasteiger partial charge is 0.119 e. The molecule has 4 rings (SSSR count). The summed E-state index contributed by atoms with van der Waals surface area (Å²) in [5.41, 5.74) is 3.10. The van der Waals surface area contributed by atoms with E-state index in [1.807, 2.05) is 0 Å². The number of hydrogen-bond donors (Lipinski definition) is 0. The van der Waals surface area contributed by atoms with Crippen LogP contribution < -0.4 is 4.74 Å². The quantitative estimate of drug-likeness (QED) is 0.595. The fourth-order valence-electron chi connectivity index (χ4n) is 6.04. The number of benzene rings is 1. The van der Waals surface area contributed by atoms with Crippen LogP contribution in [0.3, 0.4) is 0 Å². The third-order valence-corrected chi connectivity index (χ3v) is 7.62. The Hall–Kier alpha value is -1.28. The van der Waals surface area contributed by atoms with Gasteiger partial charge in [0, 0.05) is 0 Å². The van der Waals surface area contributed by atoms with Crippen molar-refractivity contribution in [2.45, 2.75) is 70.8 Å². The molecule has 3 aliphatic rings. The number of rotatable bonds is 5. The molecular formula is C25H36O2. The normalized spacial score (nSPS) is 33.5. The summed E-state index contributed by atoms with van der Waals surface area (Å²) in [6.45, 7) is 2.87. The van der Waals surface area contributed by atoms with Crippen LogP contribution in [0.5, 0.6) is 5.75 Å². The average molecular weight is 369 g/mol. The van der Waals surface area contributed by atoms with Gasteiger partial charge in [-0.15, -0.1) is 0 Å². The summed E-state index contributed by atoms with van der Waals surface area (Å²) in [7, 11) is 1.77. The van der Waals surface area contributed by atoms with Crippen molar-refractivity contribution in [3.8, 4) is 5.75 Å². The number of fused-ring (bicyclic) bond motifs is 2. The molecule has 0 aromatic heterocycles. The first-order valence-corrected chi connectivity index (χ1v) is 11.1.